The number of carbonyl (C=O) groups is 2. The van der Waals surface area contributed by atoms with Gasteiger partial charge in [0.15, 0.2) is 5.65 Å². The highest BCUT2D eigenvalue weighted by molar-refractivity contribution is 6.04. The molecule has 1 amide bonds. The molecule has 0 radical (unpaired) electrons. The van der Waals surface area contributed by atoms with Crippen LogP contribution in [-0.2, 0) is 11.3 Å². The molecule has 1 unspecified atom stereocenters. The van der Waals surface area contributed by atoms with Gasteiger partial charge >= 0.3 is 12.1 Å². The lowest BCUT2D eigenvalue weighted by Gasteiger charge is -2.15. The minimum Gasteiger partial charge on any atom is -0.475 e. The second-order valence-electron chi connectivity index (χ2n) is 8.65. The molecule has 0 aliphatic carbocycles. The van der Waals surface area contributed by atoms with E-state index in [1.807, 2.05) is 10.5 Å². The van der Waals surface area contributed by atoms with Crippen molar-refractivity contribution in [1.29, 1.82) is 0 Å². The Morgan fingerprint density at radius 1 is 1.00 bits per heavy atom. The van der Waals surface area contributed by atoms with Crippen LogP contribution < -0.4 is 5.32 Å². The molecule has 2 N–H and O–H groups in total. The van der Waals surface area contributed by atoms with Gasteiger partial charge < -0.3 is 10.4 Å². The third-order valence-electron chi connectivity index (χ3n) is 5.94. The number of carbonyl (C=O) groups excluding carboxylic acids is 1. The second kappa shape index (κ2) is 11.4. The number of rotatable bonds is 5. The number of aromatic nitrogens is 3. The van der Waals surface area contributed by atoms with Crippen molar-refractivity contribution >= 4 is 23.2 Å². The number of carboxylic acid groups (broad SMARTS) is 1. The highest BCUT2D eigenvalue weighted by atomic mass is 19.4. The molecule has 0 spiro atoms. The van der Waals surface area contributed by atoms with Crippen LogP contribution in [0.5, 0.6) is 0 Å². The Morgan fingerprint density at radius 2 is 1.68 bits per heavy atom. The standard InChI is InChI=1S/C24H22FN5O.C2HF3O2/c25-20-8-4-5-9-21(20)26-24(31)19-10-11-22-27-28-23(30(22)16-19)18-12-13-29(15-18)14-17-6-2-1-3-7-17;3-2(4,5)1(6)7/h1-11,16,18H,12-15H2,(H,26,31);(H,6,7). The number of amides is 1. The first kappa shape index (κ1) is 26.7. The number of nitrogens with zero attached hydrogens (tertiary/aromatic N) is 4. The largest absolute Gasteiger partial charge is 0.490 e. The molecule has 12 heteroatoms. The molecule has 2 aromatic carbocycles. The van der Waals surface area contributed by atoms with Crippen molar-refractivity contribution in [3.8, 4) is 0 Å². The number of anilines is 1. The normalized spacial score (nSPS) is 15.6. The van der Waals surface area contributed by atoms with Crippen LogP contribution in [0.4, 0.5) is 23.2 Å². The summed E-state index contributed by atoms with van der Waals surface area (Å²) < 4.78 is 47.5. The molecule has 1 aliphatic heterocycles. The van der Waals surface area contributed by atoms with Crippen LogP contribution in [0.25, 0.3) is 5.65 Å². The smallest absolute Gasteiger partial charge is 0.475 e. The lowest BCUT2D eigenvalue weighted by Crippen LogP contribution is -2.21. The molecule has 1 fully saturated rings. The van der Waals surface area contributed by atoms with E-state index in [4.69, 9.17) is 9.90 Å². The third-order valence-corrected chi connectivity index (χ3v) is 5.94. The summed E-state index contributed by atoms with van der Waals surface area (Å²) in [5.41, 5.74) is 2.57. The Hall–Kier alpha value is -4.32. The van der Waals surface area contributed by atoms with Crippen molar-refractivity contribution in [1.82, 2.24) is 19.5 Å². The molecule has 1 aliphatic rings. The monoisotopic (exact) mass is 529 g/mol. The van der Waals surface area contributed by atoms with Gasteiger partial charge in [-0.3, -0.25) is 14.1 Å². The topological polar surface area (TPSA) is 99.8 Å². The number of carboxylic acids is 1. The summed E-state index contributed by atoms with van der Waals surface area (Å²) in [6, 6.07) is 20.0. The Kier molecular flexibility index (Phi) is 8.01. The molecule has 38 heavy (non-hydrogen) atoms. The number of hydrogen-bond donors (Lipinski definition) is 2. The predicted molar refractivity (Wildman–Crippen MR) is 130 cm³/mol. The fraction of sp³-hybridized carbons (Fsp3) is 0.231. The van der Waals surface area contributed by atoms with E-state index in [0.29, 0.717) is 11.2 Å². The molecule has 8 nitrogen and oxygen atoms in total. The average Bonchev–Trinajstić information content (AvgIpc) is 3.52. The van der Waals surface area contributed by atoms with Crippen LogP contribution >= 0.6 is 0 Å². The molecule has 2 aromatic heterocycles. The Morgan fingerprint density at radius 3 is 2.37 bits per heavy atom. The molecular formula is C26H23F4N5O3. The van der Waals surface area contributed by atoms with Gasteiger partial charge in [-0.2, -0.15) is 13.2 Å². The van der Waals surface area contributed by atoms with Gasteiger partial charge in [0, 0.05) is 25.2 Å². The number of fused-ring (bicyclic) bond motifs is 1. The summed E-state index contributed by atoms with van der Waals surface area (Å²) in [5.74, 6) is -2.50. The van der Waals surface area contributed by atoms with Crippen molar-refractivity contribution in [2.45, 2.75) is 25.1 Å². The van der Waals surface area contributed by atoms with Crippen LogP contribution in [0.1, 0.15) is 34.1 Å². The molecule has 1 atom stereocenters. The summed E-state index contributed by atoms with van der Waals surface area (Å²) in [4.78, 5) is 24.0. The van der Waals surface area contributed by atoms with Gasteiger partial charge in [0.1, 0.15) is 11.6 Å². The van der Waals surface area contributed by atoms with E-state index in [2.05, 4.69) is 44.7 Å². The quantitative estimate of drug-likeness (QED) is 0.362. The number of alkyl halides is 3. The van der Waals surface area contributed by atoms with Crippen molar-refractivity contribution in [2.75, 3.05) is 18.4 Å². The van der Waals surface area contributed by atoms with Crippen LogP contribution in [-0.4, -0.2) is 55.7 Å². The predicted octanol–water partition coefficient (Wildman–Crippen LogP) is 4.74. The fourth-order valence-corrected chi connectivity index (χ4v) is 4.11. The number of likely N-dealkylation sites (tertiary alicyclic amines) is 1. The Balaban J connectivity index is 0.000000426. The number of halogens is 4. The first-order chi connectivity index (χ1) is 18.1. The van der Waals surface area contributed by atoms with Gasteiger partial charge in [0.25, 0.3) is 5.91 Å². The zero-order chi connectivity index (χ0) is 27.3. The highest BCUT2D eigenvalue weighted by Gasteiger charge is 2.38. The molecular weight excluding hydrogens is 506 g/mol. The maximum atomic E-state index is 13.9. The molecule has 4 aromatic rings. The van der Waals surface area contributed by atoms with E-state index in [0.717, 1.165) is 31.9 Å². The Labute approximate surface area is 214 Å². The highest BCUT2D eigenvalue weighted by Crippen LogP contribution is 2.28. The first-order valence-corrected chi connectivity index (χ1v) is 11.6. The van der Waals surface area contributed by atoms with E-state index in [9.17, 15) is 22.4 Å². The van der Waals surface area contributed by atoms with Crippen molar-refractivity contribution in [2.24, 2.45) is 0 Å². The van der Waals surface area contributed by atoms with E-state index in [-0.39, 0.29) is 17.5 Å². The van der Waals surface area contributed by atoms with Gasteiger partial charge in [-0.05, 0) is 42.8 Å². The number of benzene rings is 2. The van der Waals surface area contributed by atoms with Crippen molar-refractivity contribution < 1.29 is 32.3 Å². The van der Waals surface area contributed by atoms with Crippen LogP contribution in [0.15, 0.2) is 72.9 Å². The number of pyridine rings is 1. The van der Waals surface area contributed by atoms with Gasteiger partial charge in [0.05, 0.1) is 11.3 Å². The Bertz CT molecular complexity index is 1430. The third kappa shape index (κ3) is 6.51. The molecule has 198 valence electrons. The molecule has 0 bridgehead atoms. The minimum atomic E-state index is -5.08. The van der Waals surface area contributed by atoms with E-state index in [1.165, 1.54) is 17.7 Å². The number of aliphatic carboxylic acids is 1. The van der Waals surface area contributed by atoms with E-state index >= 15 is 0 Å². The zero-order valence-corrected chi connectivity index (χ0v) is 19.9. The fourth-order valence-electron chi connectivity index (χ4n) is 4.11. The second-order valence-corrected chi connectivity index (χ2v) is 8.65. The minimum absolute atomic E-state index is 0.156. The molecule has 5 rings (SSSR count). The van der Waals surface area contributed by atoms with Crippen LogP contribution in [0.3, 0.4) is 0 Å². The zero-order valence-electron chi connectivity index (χ0n) is 19.9. The van der Waals surface area contributed by atoms with Crippen LogP contribution in [0.2, 0.25) is 0 Å². The number of para-hydroxylation sites is 1. The van der Waals surface area contributed by atoms with Gasteiger partial charge in [-0.25, -0.2) is 9.18 Å². The maximum Gasteiger partial charge on any atom is 0.490 e. The number of nitrogens with one attached hydrogen (secondary N) is 1. The van der Waals surface area contributed by atoms with Gasteiger partial charge in [-0.15, -0.1) is 10.2 Å². The number of hydrogen-bond acceptors (Lipinski definition) is 5. The van der Waals surface area contributed by atoms with E-state index < -0.39 is 18.0 Å². The van der Waals surface area contributed by atoms with E-state index in [1.54, 1.807) is 30.5 Å². The summed E-state index contributed by atoms with van der Waals surface area (Å²) in [5, 5.41) is 18.4. The van der Waals surface area contributed by atoms with Gasteiger partial charge in [-0.1, -0.05) is 42.5 Å². The summed E-state index contributed by atoms with van der Waals surface area (Å²) in [6.07, 6.45) is -2.36. The van der Waals surface area contributed by atoms with Gasteiger partial charge in [0.2, 0.25) is 0 Å². The lowest BCUT2D eigenvalue weighted by molar-refractivity contribution is -0.192. The summed E-state index contributed by atoms with van der Waals surface area (Å²) >= 11 is 0. The van der Waals surface area contributed by atoms with Crippen molar-refractivity contribution in [3.05, 3.63) is 95.7 Å². The summed E-state index contributed by atoms with van der Waals surface area (Å²) in [7, 11) is 0. The summed E-state index contributed by atoms with van der Waals surface area (Å²) in [6.45, 7) is 2.79. The maximum absolute atomic E-state index is 13.9. The molecule has 3 heterocycles. The van der Waals surface area contributed by atoms with Crippen molar-refractivity contribution in [3.63, 3.8) is 0 Å². The SMILES string of the molecule is O=C(Nc1ccccc1F)c1ccc2nnc(C3CCN(Cc4ccccc4)C3)n2c1.O=C(O)C(F)(F)F. The molecule has 1 saturated heterocycles. The first-order valence-electron chi connectivity index (χ1n) is 11.6. The van der Waals surface area contributed by atoms with Crippen LogP contribution in [0, 0.1) is 5.82 Å². The molecule has 0 saturated carbocycles. The lowest BCUT2D eigenvalue weighted by atomic mass is 10.1. The average molecular weight is 529 g/mol.